The van der Waals surface area contributed by atoms with E-state index in [0.29, 0.717) is 28.1 Å². The first-order valence-electron chi connectivity index (χ1n) is 11.9. The monoisotopic (exact) mass is 528 g/mol. The van der Waals surface area contributed by atoms with Crippen molar-refractivity contribution in [3.63, 3.8) is 0 Å². The highest BCUT2D eigenvalue weighted by Crippen LogP contribution is 2.30. The van der Waals surface area contributed by atoms with Crippen molar-refractivity contribution in [2.24, 2.45) is 0 Å². The van der Waals surface area contributed by atoms with E-state index in [9.17, 15) is 22.8 Å². The summed E-state index contributed by atoms with van der Waals surface area (Å²) in [6.45, 7) is 5.86. The molecule has 0 bridgehead atoms. The van der Waals surface area contributed by atoms with Crippen LogP contribution in [0.4, 0.5) is 18.9 Å². The van der Waals surface area contributed by atoms with Gasteiger partial charge < -0.3 is 15.0 Å². The Labute approximate surface area is 216 Å². The summed E-state index contributed by atoms with van der Waals surface area (Å²) >= 11 is 0. The second-order valence-corrected chi connectivity index (χ2v) is 7.95. The summed E-state index contributed by atoms with van der Waals surface area (Å²) in [5.41, 5.74) is 2.76. The van der Waals surface area contributed by atoms with Gasteiger partial charge in [0, 0.05) is 17.7 Å². The largest absolute Gasteiger partial charge is 0.494 e. The second-order valence-electron chi connectivity index (χ2n) is 7.95. The van der Waals surface area contributed by atoms with Gasteiger partial charge in [-0.15, -0.1) is 10.2 Å². The summed E-state index contributed by atoms with van der Waals surface area (Å²) in [6, 6.07) is 15.7. The summed E-state index contributed by atoms with van der Waals surface area (Å²) in [7, 11) is 0. The third-order valence-electron chi connectivity index (χ3n) is 5.22. The summed E-state index contributed by atoms with van der Waals surface area (Å²) in [4.78, 5) is 28.3. The number of benzene rings is 2. The second kappa shape index (κ2) is 12.7. The van der Waals surface area contributed by atoms with Gasteiger partial charge in [-0.2, -0.15) is 18.4 Å². The van der Waals surface area contributed by atoms with Crippen molar-refractivity contribution in [3.05, 3.63) is 76.3 Å². The fraction of sp³-hybridized carbons (Fsp3) is 0.269. The molecule has 0 aliphatic carbocycles. The van der Waals surface area contributed by atoms with Crippen LogP contribution < -0.4 is 15.6 Å². The topological polar surface area (TPSA) is 126 Å². The Morgan fingerprint density at radius 2 is 1.68 bits per heavy atom. The number of tetrazole rings is 1. The number of hydrogen-bond donors (Lipinski definition) is 3. The van der Waals surface area contributed by atoms with Gasteiger partial charge in [-0.3, -0.25) is 9.59 Å². The van der Waals surface area contributed by atoms with Crippen molar-refractivity contribution in [2.45, 2.75) is 39.8 Å². The molecule has 2 aromatic carbocycles. The molecule has 9 nitrogen and oxygen atoms in total. The van der Waals surface area contributed by atoms with Gasteiger partial charge in [-0.25, -0.2) is 0 Å². The minimum Gasteiger partial charge on any atom is -0.494 e. The van der Waals surface area contributed by atoms with E-state index in [1.165, 1.54) is 0 Å². The first kappa shape index (κ1) is 28.1. The quantitative estimate of drug-likeness (QED) is 0.258. The number of nitrogens with one attached hydrogen (secondary N) is 3. The molecule has 0 saturated carbocycles. The van der Waals surface area contributed by atoms with Crippen LogP contribution in [0, 0.1) is 6.92 Å². The third-order valence-corrected chi connectivity index (χ3v) is 5.22. The lowest BCUT2D eigenvalue weighted by molar-refractivity contribution is -0.136. The van der Waals surface area contributed by atoms with Gasteiger partial charge in [0.25, 0.3) is 17.3 Å². The number of H-pyrrole nitrogens is 2. The van der Waals surface area contributed by atoms with Gasteiger partial charge in [0.1, 0.15) is 11.4 Å². The zero-order chi connectivity index (χ0) is 27.7. The number of anilines is 1. The van der Waals surface area contributed by atoms with E-state index in [2.05, 4.69) is 30.9 Å². The number of carbonyl (C=O) groups excluding carboxylic acids is 1. The number of amides is 1. The predicted molar refractivity (Wildman–Crippen MR) is 137 cm³/mol. The molecule has 3 N–H and O–H groups in total. The van der Waals surface area contributed by atoms with Gasteiger partial charge >= 0.3 is 6.18 Å². The lowest BCUT2D eigenvalue weighted by Crippen LogP contribution is -2.22. The van der Waals surface area contributed by atoms with Crippen molar-refractivity contribution in [1.29, 1.82) is 0 Å². The molecule has 0 unspecified atom stereocenters. The molecule has 0 radical (unpaired) electrons. The van der Waals surface area contributed by atoms with Crippen LogP contribution in [-0.2, 0) is 0 Å². The van der Waals surface area contributed by atoms with E-state index < -0.39 is 24.1 Å². The highest BCUT2D eigenvalue weighted by Gasteiger charge is 2.26. The molecule has 0 saturated heterocycles. The zero-order valence-electron chi connectivity index (χ0n) is 21.0. The molecule has 200 valence electrons. The summed E-state index contributed by atoms with van der Waals surface area (Å²) in [5.74, 6) is -0.521. The van der Waals surface area contributed by atoms with Crippen molar-refractivity contribution < 1.29 is 22.7 Å². The van der Waals surface area contributed by atoms with Gasteiger partial charge in [-0.1, -0.05) is 43.7 Å². The molecular weight excluding hydrogens is 501 g/mol. The van der Waals surface area contributed by atoms with Crippen LogP contribution >= 0.6 is 0 Å². The summed E-state index contributed by atoms with van der Waals surface area (Å²) in [5, 5.41) is 15.3. The highest BCUT2D eigenvalue weighted by molar-refractivity contribution is 6.03. The number of aryl methyl sites for hydroxylation is 1. The van der Waals surface area contributed by atoms with Crippen LogP contribution in [0.1, 0.15) is 42.9 Å². The van der Waals surface area contributed by atoms with Gasteiger partial charge in [0.05, 0.1) is 6.61 Å². The Morgan fingerprint density at radius 1 is 1.03 bits per heavy atom. The van der Waals surface area contributed by atoms with E-state index in [1.807, 2.05) is 45.0 Å². The highest BCUT2D eigenvalue weighted by atomic mass is 19.4. The molecule has 0 spiro atoms. The summed E-state index contributed by atoms with van der Waals surface area (Å²) < 4.78 is 42.2. The van der Waals surface area contributed by atoms with E-state index in [4.69, 9.17) is 4.74 Å². The molecule has 4 aromatic rings. The van der Waals surface area contributed by atoms with Crippen LogP contribution in [0.2, 0.25) is 0 Å². The maximum Gasteiger partial charge on any atom is 0.389 e. The number of alkyl halides is 3. The summed E-state index contributed by atoms with van der Waals surface area (Å²) in [6.07, 6.45) is -5.27. The van der Waals surface area contributed by atoms with E-state index >= 15 is 0 Å². The maximum atomic E-state index is 13.1. The van der Waals surface area contributed by atoms with Crippen molar-refractivity contribution in [3.8, 4) is 28.1 Å². The molecular formula is C26H27F3N6O3. The molecule has 0 aliphatic heterocycles. The fourth-order valence-electron chi connectivity index (χ4n) is 3.42. The van der Waals surface area contributed by atoms with Crippen molar-refractivity contribution >= 4 is 11.6 Å². The molecule has 0 atom stereocenters. The number of aromatic amines is 2. The van der Waals surface area contributed by atoms with E-state index in [1.54, 1.807) is 30.3 Å². The first-order chi connectivity index (χ1) is 18.2. The Balaban J connectivity index is 0.00000195. The van der Waals surface area contributed by atoms with Gasteiger partial charge in [0.15, 0.2) is 0 Å². The smallest absolute Gasteiger partial charge is 0.389 e. The number of hydrogen-bond acceptors (Lipinski definition) is 6. The standard InChI is InChI=1S/C24H21F3N6O3.C2H6/c1-14-3-5-15(6-4-14)18-13-19(28-22(34)20(18)29-23(35)21-30-32-33-31-21)16-7-9-17(10-8-16)36-12-2-11-24(25,26)27;1-2/h3-10,13H,2,11-12H2,1H3,(H,28,34)(H,29,35)(H,30,31,32,33);1-2H3. The molecule has 2 aromatic heterocycles. The van der Waals surface area contributed by atoms with Crippen LogP contribution in [0.3, 0.4) is 0 Å². The fourth-order valence-corrected chi connectivity index (χ4v) is 3.42. The average molecular weight is 529 g/mol. The van der Waals surface area contributed by atoms with Crippen LogP contribution in [-0.4, -0.2) is 44.3 Å². The number of rotatable bonds is 8. The number of halogens is 3. The number of nitrogens with zero attached hydrogens (tertiary/aromatic N) is 3. The third kappa shape index (κ3) is 7.51. The normalized spacial score (nSPS) is 10.9. The molecule has 0 aliphatic rings. The van der Waals surface area contributed by atoms with Crippen molar-refractivity contribution in [2.75, 3.05) is 11.9 Å². The molecule has 12 heteroatoms. The average Bonchev–Trinajstić information content (AvgIpc) is 3.45. The Morgan fingerprint density at radius 3 is 2.29 bits per heavy atom. The first-order valence-corrected chi connectivity index (χ1v) is 11.9. The zero-order valence-corrected chi connectivity index (χ0v) is 21.0. The van der Waals surface area contributed by atoms with Crippen LogP contribution in [0.25, 0.3) is 22.4 Å². The molecule has 4 rings (SSSR count). The van der Waals surface area contributed by atoms with E-state index in [0.717, 1.165) is 5.56 Å². The van der Waals surface area contributed by atoms with Crippen LogP contribution in [0.5, 0.6) is 5.75 Å². The number of pyridine rings is 1. The Bertz CT molecular complexity index is 1380. The predicted octanol–water partition coefficient (Wildman–Crippen LogP) is 5.53. The maximum absolute atomic E-state index is 13.1. The molecule has 2 heterocycles. The number of carbonyl (C=O) groups is 1. The molecule has 38 heavy (non-hydrogen) atoms. The SMILES string of the molecule is CC.Cc1ccc(-c2cc(-c3ccc(OCCCC(F)(F)F)cc3)[nH]c(=O)c2NC(=O)c2nn[nH]n2)cc1. The van der Waals surface area contributed by atoms with Crippen LogP contribution in [0.15, 0.2) is 59.4 Å². The van der Waals surface area contributed by atoms with Gasteiger partial charge in [-0.05, 0) is 60.0 Å². The molecule has 0 fully saturated rings. The minimum absolute atomic E-state index is 0.0158. The Kier molecular flexibility index (Phi) is 9.36. The number of aromatic nitrogens is 5. The lowest BCUT2D eigenvalue weighted by Gasteiger charge is -2.13. The van der Waals surface area contributed by atoms with Gasteiger partial charge in [0.2, 0.25) is 0 Å². The minimum atomic E-state index is -4.22. The number of ether oxygens (including phenoxy) is 1. The van der Waals surface area contributed by atoms with Crippen molar-refractivity contribution in [1.82, 2.24) is 25.6 Å². The molecule has 1 amide bonds. The Hall–Kier alpha value is -4.48. The lowest BCUT2D eigenvalue weighted by atomic mass is 10.0. The van der Waals surface area contributed by atoms with E-state index in [-0.39, 0.29) is 24.5 Å².